The summed E-state index contributed by atoms with van der Waals surface area (Å²) < 4.78 is 11.2. The van der Waals surface area contributed by atoms with Gasteiger partial charge in [-0.05, 0) is 19.2 Å². The van der Waals surface area contributed by atoms with Crippen LogP contribution >= 0.6 is 22.9 Å². The highest BCUT2D eigenvalue weighted by Crippen LogP contribution is 2.23. The van der Waals surface area contributed by atoms with Crippen molar-refractivity contribution in [2.75, 3.05) is 27.8 Å². The van der Waals surface area contributed by atoms with E-state index >= 15 is 0 Å². The monoisotopic (exact) mass is 292 g/mol. The minimum atomic E-state index is -0.215. The average Bonchev–Trinajstić information content (AvgIpc) is 2.76. The molecule has 4 nitrogen and oxygen atoms in total. The lowest BCUT2D eigenvalue weighted by Gasteiger charge is -2.28. The molecule has 0 radical (unpaired) electrons. The number of nitrogens with two attached hydrogens (primary N) is 1. The van der Waals surface area contributed by atoms with Crippen LogP contribution in [0.2, 0.25) is 4.34 Å². The lowest BCUT2D eigenvalue weighted by molar-refractivity contribution is -0.115. The summed E-state index contributed by atoms with van der Waals surface area (Å²) in [5.41, 5.74) is 5.81. The molecular weight excluding hydrogens is 272 g/mol. The van der Waals surface area contributed by atoms with E-state index in [1.807, 2.05) is 19.2 Å². The maximum Gasteiger partial charge on any atom is 0.158 e. The highest BCUT2D eigenvalue weighted by atomic mass is 35.5. The fraction of sp³-hybridized carbons (Fsp3) is 0.667. The second kappa shape index (κ2) is 8.09. The van der Waals surface area contributed by atoms with Gasteiger partial charge in [0.2, 0.25) is 0 Å². The number of nitrogens with zero attached hydrogens (tertiary/aromatic N) is 1. The summed E-state index contributed by atoms with van der Waals surface area (Å²) in [7, 11) is 5.33. The van der Waals surface area contributed by atoms with Crippen LogP contribution in [0, 0.1) is 0 Å². The first-order chi connectivity index (χ1) is 8.60. The van der Waals surface area contributed by atoms with E-state index < -0.39 is 0 Å². The Kier molecular flexibility index (Phi) is 7.14. The molecule has 104 valence electrons. The summed E-state index contributed by atoms with van der Waals surface area (Å²) in [5.74, 6) is 0. The largest absolute Gasteiger partial charge is 0.356 e. The van der Waals surface area contributed by atoms with Gasteiger partial charge >= 0.3 is 0 Å². The molecule has 1 unspecified atom stereocenters. The summed E-state index contributed by atoms with van der Waals surface area (Å²) in [6.07, 6.45) is 0.534. The van der Waals surface area contributed by atoms with E-state index in [-0.39, 0.29) is 12.3 Å². The quantitative estimate of drug-likeness (QED) is 0.746. The number of ether oxygens (including phenoxy) is 2. The van der Waals surface area contributed by atoms with Crippen LogP contribution in [0.5, 0.6) is 0 Å². The molecule has 0 aliphatic carbocycles. The standard InChI is InChI=1S/C12H21ClN2O2S/c1-15(8-10-4-5-11(13)18-10)9(7-14)6-12(16-2)17-3/h4-5,9,12H,6-8,14H2,1-3H3. The molecule has 0 aromatic carbocycles. The maximum absolute atomic E-state index is 5.92. The minimum Gasteiger partial charge on any atom is -0.356 e. The fourth-order valence-corrected chi connectivity index (χ4v) is 2.93. The SMILES string of the molecule is COC(CC(CN)N(C)Cc1ccc(Cl)s1)OC. The molecule has 2 N–H and O–H groups in total. The van der Waals surface area contributed by atoms with Crippen molar-refractivity contribution in [1.29, 1.82) is 0 Å². The second-order valence-corrected chi connectivity index (χ2v) is 5.95. The number of halogens is 1. The highest BCUT2D eigenvalue weighted by Gasteiger charge is 2.19. The van der Waals surface area contributed by atoms with Gasteiger partial charge in [-0.3, -0.25) is 4.90 Å². The van der Waals surface area contributed by atoms with Gasteiger partial charge in [-0.1, -0.05) is 11.6 Å². The highest BCUT2D eigenvalue weighted by molar-refractivity contribution is 7.16. The average molecular weight is 293 g/mol. The molecule has 0 amide bonds. The summed E-state index contributed by atoms with van der Waals surface area (Å²) in [6, 6.07) is 4.18. The van der Waals surface area contributed by atoms with Crippen LogP contribution in [-0.4, -0.2) is 45.0 Å². The molecule has 1 atom stereocenters. The third-order valence-electron chi connectivity index (χ3n) is 2.92. The molecule has 0 fully saturated rings. The Morgan fingerprint density at radius 2 is 2.06 bits per heavy atom. The molecule has 6 heteroatoms. The lowest BCUT2D eigenvalue weighted by Crippen LogP contribution is -2.40. The van der Waals surface area contributed by atoms with Crippen molar-refractivity contribution >= 4 is 22.9 Å². The first-order valence-corrected chi connectivity index (χ1v) is 7.00. The summed E-state index contributed by atoms with van der Waals surface area (Å²) >= 11 is 7.52. The van der Waals surface area contributed by atoms with Crippen LogP contribution < -0.4 is 5.73 Å². The van der Waals surface area contributed by atoms with Gasteiger partial charge in [-0.2, -0.15) is 0 Å². The molecule has 0 saturated heterocycles. The molecule has 0 bridgehead atoms. The predicted molar refractivity (Wildman–Crippen MR) is 76.1 cm³/mol. The minimum absolute atomic E-state index is 0.215. The maximum atomic E-state index is 5.92. The van der Waals surface area contributed by atoms with Crippen molar-refractivity contribution in [3.63, 3.8) is 0 Å². The van der Waals surface area contributed by atoms with E-state index in [0.29, 0.717) is 6.54 Å². The number of hydrogen-bond donors (Lipinski definition) is 1. The molecule has 1 aromatic heterocycles. The lowest BCUT2D eigenvalue weighted by atomic mass is 10.1. The molecule has 0 saturated carbocycles. The van der Waals surface area contributed by atoms with Crippen LogP contribution in [0.4, 0.5) is 0 Å². The van der Waals surface area contributed by atoms with Crippen LogP contribution in [0.25, 0.3) is 0 Å². The second-order valence-electron chi connectivity index (χ2n) is 4.15. The third kappa shape index (κ3) is 4.84. The van der Waals surface area contributed by atoms with Crippen LogP contribution in [0.3, 0.4) is 0 Å². The molecule has 1 heterocycles. The molecule has 18 heavy (non-hydrogen) atoms. The summed E-state index contributed by atoms with van der Waals surface area (Å²) in [5, 5.41) is 0. The Labute approximate surface area is 118 Å². The zero-order valence-corrected chi connectivity index (χ0v) is 12.6. The van der Waals surface area contributed by atoms with E-state index in [2.05, 4.69) is 4.90 Å². The number of hydrogen-bond acceptors (Lipinski definition) is 5. The fourth-order valence-electron chi connectivity index (χ4n) is 1.78. The molecule has 0 aliphatic rings. The number of likely N-dealkylation sites (N-methyl/N-ethyl adjacent to an activating group) is 1. The van der Waals surface area contributed by atoms with Crippen LogP contribution in [0.1, 0.15) is 11.3 Å². The van der Waals surface area contributed by atoms with E-state index in [0.717, 1.165) is 17.3 Å². The first kappa shape index (κ1) is 15.9. The van der Waals surface area contributed by atoms with Crippen molar-refractivity contribution in [1.82, 2.24) is 4.90 Å². The Bertz CT molecular complexity index is 345. The Balaban J connectivity index is 2.53. The van der Waals surface area contributed by atoms with Crippen LogP contribution in [-0.2, 0) is 16.0 Å². The van der Waals surface area contributed by atoms with Gasteiger partial charge in [0.15, 0.2) is 6.29 Å². The van der Waals surface area contributed by atoms with Crippen molar-refractivity contribution in [3.05, 3.63) is 21.3 Å². The molecule has 0 aliphatic heterocycles. The zero-order valence-electron chi connectivity index (χ0n) is 11.1. The molecular formula is C12H21ClN2O2S. The van der Waals surface area contributed by atoms with Crippen LogP contribution in [0.15, 0.2) is 12.1 Å². The summed E-state index contributed by atoms with van der Waals surface area (Å²) in [4.78, 5) is 3.43. The smallest absolute Gasteiger partial charge is 0.158 e. The Hall–Kier alpha value is -0.170. The van der Waals surface area contributed by atoms with Gasteiger partial charge in [0, 0.05) is 44.6 Å². The number of methoxy groups -OCH3 is 2. The Morgan fingerprint density at radius 1 is 1.39 bits per heavy atom. The van der Waals surface area contributed by atoms with Gasteiger partial charge in [0.1, 0.15) is 0 Å². The van der Waals surface area contributed by atoms with Gasteiger partial charge in [-0.25, -0.2) is 0 Å². The number of rotatable bonds is 8. The van der Waals surface area contributed by atoms with Gasteiger partial charge in [-0.15, -0.1) is 11.3 Å². The van der Waals surface area contributed by atoms with E-state index in [1.54, 1.807) is 25.6 Å². The van der Waals surface area contributed by atoms with E-state index in [4.69, 9.17) is 26.8 Å². The van der Waals surface area contributed by atoms with Gasteiger partial charge in [0.05, 0.1) is 4.34 Å². The zero-order chi connectivity index (χ0) is 13.5. The van der Waals surface area contributed by atoms with Crippen molar-refractivity contribution in [2.24, 2.45) is 5.73 Å². The predicted octanol–water partition coefficient (Wildman–Crippen LogP) is 2.17. The normalized spacial score (nSPS) is 13.5. The third-order valence-corrected chi connectivity index (χ3v) is 4.14. The van der Waals surface area contributed by atoms with Gasteiger partial charge < -0.3 is 15.2 Å². The number of thiophene rings is 1. The van der Waals surface area contributed by atoms with Gasteiger partial charge in [0.25, 0.3) is 0 Å². The first-order valence-electron chi connectivity index (χ1n) is 5.80. The molecule has 0 spiro atoms. The van der Waals surface area contributed by atoms with Crippen molar-refractivity contribution in [3.8, 4) is 0 Å². The molecule has 1 rings (SSSR count). The van der Waals surface area contributed by atoms with E-state index in [1.165, 1.54) is 4.88 Å². The van der Waals surface area contributed by atoms with Crippen molar-refractivity contribution in [2.45, 2.75) is 25.3 Å². The van der Waals surface area contributed by atoms with E-state index in [9.17, 15) is 0 Å². The summed E-state index contributed by atoms with van der Waals surface area (Å²) in [6.45, 7) is 1.40. The topological polar surface area (TPSA) is 47.7 Å². The van der Waals surface area contributed by atoms with Crippen molar-refractivity contribution < 1.29 is 9.47 Å². The Morgan fingerprint density at radius 3 is 2.50 bits per heavy atom. The molecule has 1 aromatic rings.